The van der Waals surface area contributed by atoms with Crippen molar-refractivity contribution in [1.29, 1.82) is 0 Å². The fourth-order valence-electron chi connectivity index (χ4n) is 20.6. The minimum Gasteiger partial charge on any atom is -0.0625 e. The summed E-state index contributed by atoms with van der Waals surface area (Å²) in [6.45, 7) is 44.7. The molecule has 16 atom stereocenters. The third-order valence-corrected chi connectivity index (χ3v) is 27.5. The third kappa shape index (κ3) is 11.2. The van der Waals surface area contributed by atoms with Crippen LogP contribution in [0.1, 0.15) is 278 Å². The molecular weight excluding hydrogens is 841 g/mol. The van der Waals surface area contributed by atoms with E-state index in [-0.39, 0.29) is 0 Å². The molecule has 8 aliphatic carbocycles. The smallest absolute Gasteiger partial charge is 0.0233 e. The van der Waals surface area contributed by atoms with Crippen LogP contribution in [0.15, 0.2) is 0 Å². The maximum absolute atomic E-state index is 3.07. The molecule has 16 unspecified atom stereocenters. The van der Waals surface area contributed by atoms with E-state index < -0.39 is 0 Å². The highest BCUT2D eigenvalue weighted by molar-refractivity contribution is 5.08. The van der Waals surface area contributed by atoms with Gasteiger partial charge in [-0.25, -0.2) is 0 Å². The molecule has 406 valence electrons. The Morgan fingerprint density at radius 1 is 0.343 bits per heavy atom. The van der Waals surface area contributed by atoms with Crippen molar-refractivity contribution in [3.8, 4) is 0 Å². The highest BCUT2D eigenvalue weighted by Gasteiger charge is 2.59. The van der Waals surface area contributed by atoms with Crippen LogP contribution in [0.25, 0.3) is 0 Å². The molecule has 8 rings (SSSR count). The van der Waals surface area contributed by atoms with Crippen molar-refractivity contribution in [3.05, 3.63) is 0 Å². The molecule has 0 nitrogen and oxygen atoms in total. The Morgan fingerprint density at radius 3 is 1.10 bits per heavy atom. The van der Waals surface area contributed by atoms with Gasteiger partial charge in [0.25, 0.3) is 0 Å². The van der Waals surface area contributed by atoms with Crippen molar-refractivity contribution in [1.82, 2.24) is 0 Å². The molecule has 8 fully saturated rings. The van der Waals surface area contributed by atoms with Crippen LogP contribution in [0.3, 0.4) is 0 Å². The van der Waals surface area contributed by atoms with Gasteiger partial charge in [0.1, 0.15) is 0 Å². The quantitative estimate of drug-likeness (QED) is 0.0701. The van der Waals surface area contributed by atoms with Crippen LogP contribution in [-0.2, 0) is 0 Å². The van der Waals surface area contributed by atoms with Crippen LogP contribution in [-0.4, -0.2) is 0 Å². The van der Waals surface area contributed by atoms with Crippen LogP contribution in [0.2, 0.25) is 0 Å². The van der Waals surface area contributed by atoms with Crippen molar-refractivity contribution in [2.24, 2.45) is 165 Å². The highest BCUT2D eigenvalue weighted by Crippen LogP contribution is 2.66. The Kier molecular flexibility index (Phi) is 19.0. The summed E-state index contributed by atoms with van der Waals surface area (Å²) < 4.78 is 0. The van der Waals surface area contributed by atoms with E-state index in [1.807, 2.05) is 0 Å². The Balaban J connectivity index is 1.26. The second-order valence-corrected chi connectivity index (χ2v) is 31.7. The monoisotopic (exact) mass is 967 g/mol. The van der Waals surface area contributed by atoms with Gasteiger partial charge in [-0.3, -0.25) is 0 Å². The second kappa shape index (κ2) is 23.7. The number of hydrogen-bond donors (Lipinski definition) is 0. The third-order valence-electron chi connectivity index (χ3n) is 27.5. The lowest BCUT2D eigenvalue weighted by atomic mass is 9.43. The van der Waals surface area contributed by atoms with Gasteiger partial charge in [0.15, 0.2) is 0 Å². The average Bonchev–Trinajstić information content (AvgIpc) is 3.14. The zero-order chi connectivity index (χ0) is 50.4. The highest BCUT2D eigenvalue weighted by atomic mass is 14.6. The fraction of sp³-hybridized carbons (Fsp3) is 1.00. The largest absolute Gasteiger partial charge is 0.0625 e. The Hall–Kier alpha value is 0. The molecule has 0 aliphatic heterocycles. The van der Waals surface area contributed by atoms with Crippen molar-refractivity contribution < 1.29 is 0 Å². The van der Waals surface area contributed by atoms with Gasteiger partial charge in [0.05, 0.1) is 0 Å². The first-order valence-electron chi connectivity index (χ1n) is 33.3. The van der Waals surface area contributed by atoms with E-state index in [1.54, 1.807) is 32.1 Å². The minimum absolute atomic E-state index is 0.395. The molecule has 0 aromatic heterocycles. The standard InChI is InChI=1S/C70H126/c1-43(2)47(8)64(57-33-21-34-57)66(58-35-22-36-58)65(61(54-27-18-28-54)42-69(14,15)67(48(9)44(3)4)59-37-23-38-59)51(12)63(56-31-20-32-56)50(11)52(13)70(16,68(49(10)45(5)6)60-39-24-40-60)62(55-29-19-30-55)41-46(7)53-25-17-26-53/h43-68H,17-42H2,1-16H3. The van der Waals surface area contributed by atoms with Crippen LogP contribution < -0.4 is 0 Å². The molecule has 0 spiro atoms. The van der Waals surface area contributed by atoms with Gasteiger partial charge in [-0.15, -0.1) is 0 Å². The van der Waals surface area contributed by atoms with Crippen LogP contribution >= 0.6 is 0 Å². The molecule has 0 aromatic rings. The van der Waals surface area contributed by atoms with Crippen LogP contribution in [0, 0.1) is 165 Å². The van der Waals surface area contributed by atoms with Crippen LogP contribution in [0.4, 0.5) is 0 Å². The van der Waals surface area contributed by atoms with E-state index >= 15 is 0 Å². The minimum atomic E-state index is 0.395. The lowest BCUT2D eigenvalue weighted by Crippen LogP contribution is -2.56. The summed E-state index contributed by atoms with van der Waals surface area (Å²) in [4.78, 5) is 0. The molecule has 0 aromatic carbocycles. The maximum Gasteiger partial charge on any atom is -0.0233 e. The van der Waals surface area contributed by atoms with Gasteiger partial charge in [-0.1, -0.05) is 265 Å². The zero-order valence-corrected chi connectivity index (χ0v) is 50.4. The lowest BCUT2D eigenvalue weighted by molar-refractivity contribution is -0.140. The summed E-state index contributed by atoms with van der Waals surface area (Å²) in [6.07, 6.45) is 39.6. The summed E-state index contributed by atoms with van der Waals surface area (Å²) in [5, 5.41) is 0. The van der Waals surface area contributed by atoms with E-state index in [1.165, 1.54) is 135 Å². The SMILES string of the molecule is CC(C)C(C)C(C1CCC1)C(C1CCC1)C(C(C)C(C1CCC1)C(C)C(C)C(C)(C(CC(C)C1CCC1)C1CCC1)C(C1CCC1)C(C)C(C)C)C(CC(C)(C)C(C1CCC1)C(C)C(C)C)C1CCC1. The molecule has 8 saturated carbocycles. The molecule has 0 amide bonds. The van der Waals surface area contributed by atoms with Crippen LogP contribution in [0.5, 0.6) is 0 Å². The predicted octanol–water partition coefficient (Wildman–Crippen LogP) is 21.6. The van der Waals surface area contributed by atoms with Gasteiger partial charge in [-0.05, 0) is 178 Å². The van der Waals surface area contributed by atoms with Gasteiger partial charge < -0.3 is 0 Å². The van der Waals surface area contributed by atoms with E-state index in [0.29, 0.717) is 10.8 Å². The summed E-state index contributed by atoms with van der Waals surface area (Å²) >= 11 is 0. The molecule has 0 heterocycles. The van der Waals surface area contributed by atoms with E-state index in [2.05, 4.69) is 111 Å². The molecule has 0 saturated heterocycles. The Bertz CT molecular complexity index is 1550. The molecule has 0 radical (unpaired) electrons. The van der Waals surface area contributed by atoms with Gasteiger partial charge in [0.2, 0.25) is 0 Å². The summed E-state index contributed by atoms with van der Waals surface area (Å²) in [5.74, 6) is 23.1. The summed E-state index contributed by atoms with van der Waals surface area (Å²) in [7, 11) is 0. The first kappa shape index (κ1) is 56.2. The van der Waals surface area contributed by atoms with Crippen molar-refractivity contribution in [2.75, 3.05) is 0 Å². The van der Waals surface area contributed by atoms with Crippen molar-refractivity contribution in [2.45, 2.75) is 278 Å². The lowest BCUT2D eigenvalue weighted by Gasteiger charge is -2.62. The Morgan fingerprint density at radius 2 is 0.714 bits per heavy atom. The molecule has 8 aliphatic rings. The fourth-order valence-corrected chi connectivity index (χ4v) is 20.6. The first-order chi connectivity index (χ1) is 33.3. The number of rotatable bonds is 29. The first-order valence-corrected chi connectivity index (χ1v) is 33.3. The van der Waals surface area contributed by atoms with E-state index in [0.717, 1.165) is 154 Å². The summed E-state index contributed by atoms with van der Waals surface area (Å²) in [6, 6.07) is 0. The summed E-state index contributed by atoms with van der Waals surface area (Å²) in [5.41, 5.74) is 0.799. The van der Waals surface area contributed by atoms with E-state index in [9.17, 15) is 0 Å². The van der Waals surface area contributed by atoms with Gasteiger partial charge in [-0.2, -0.15) is 0 Å². The molecule has 70 heavy (non-hydrogen) atoms. The normalized spacial score (nSPS) is 30.2. The zero-order valence-electron chi connectivity index (χ0n) is 50.4. The average molecular weight is 968 g/mol. The molecular formula is C70H126. The number of hydrogen-bond acceptors (Lipinski definition) is 0. The maximum atomic E-state index is 3.07. The molecule has 0 heteroatoms. The molecule has 0 bridgehead atoms. The Labute approximate surface area is 440 Å². The molecule has 0 N–H and O–H groups in total. The van der Waals surface area contributed by atoms with Gasteiger partial charge in [0, 0.05) is 0 Å². The predicted molar refractivity (Wildman–Crippen MR) is 306 cm³/mol. The van der Waals surface area contributed by atoms with Crippen molar-refractivity contribution >= 4 is 0 Å². The topological polar surface area (TPSA) is 0 Å². The van der Waals surface area contributed by atoms with Gasteiger partial charge >= 0.3 is 0 Å². The van der Waals surface area contributed by atoms with Crippen molar-refractivity contribution in [3.63, 3.8) is 0 Å². The van der Waals surface area contributed by atoms with E-state index in [4.69, 9.17) is 0 Å². The second-order valence-electron chi connectivity index (χ2n) is 31.7.